The SMILES string of the molecule is O=C(CC=NOCc1c(Cl)cccc1Cl)c1cccc(OCc2ccc(Cl)cc2Cl)c1. The van der Waals surface area contributed by atoms with Crippen LogP contribution in [0, 0.1) is 0 Å². The number of carbonyl (C=O) groups excluding carboxylic acids is 1. The van der Waals surface area contributed by atoms with Crippen molar-refractivity contribution in [3.8, 4) is 5.75 Å². The normalized spacial score (nSPS) is 11.0. The molecule has 0 fully saturated rings. The molecular formula is C23H17Cl4NO3. The van der Waals surface area contributed by atoms with Gasteiger partial charge in [0.2, 0.25) is 0 Å². The fourth-order valence-corrected chi connectivity index (χ4v) is 3.59. The number of Topliss-reactive ketones (excluding diaryl/α,β-unsaturated/α-hetero) is 1. The smallest absolute Gasteiger partial charge is 0.168 e. The zero-order chi connectivity index (χ0) is 22.2. The number of hydrogen-bond acceptors (Lipinski definition) is 4. The molecule has 160 valence electrons. The molecule has 0 aliphatic heterocycles. The van der Waals surface area contributed by atoms with Crippen molar-refractivity contribution >= 4 is 58.4 Å². The third-order valence-corrected chi connectivity index (χ3v) is 5.56. The van der Waals surface area contributed by atoms with E-state index in [9.17, 15) is 4.79 Å². The Labute approximate surface area is 200 Å². The van der Waals surface area contributed by atoms with Crippen LogP contribution in [0.2, 0.25) is 20.1 Å². The lowest BCUT2D eigenvalue weighted by Gasteiger charge is -2.09. The van der Waals surface area contributed by atoms with Gasteiger partial charge in [0.25, 0.3) is 0 Å². The fourth-order valence-electron chi connectivity index (χ4n) is 2.62. The van der Waals surface area contributed by atoms with Crippen molar-refractivity contribution in [2.24, 2.45) is 5.16 Å². The van der Waals surface area contributed by atoms with Crippen LogP contribution < -0.4 is 4.74 Å². The number of ether oxygens (including phenoxy) is 1. The van der Waals surface area contributed by atoms with Gasteiger partial charge in [-0.3, -0.25) is 4.79 Å². The molecule has 0 aliphatic rings. The van der Waals surface area contributed by atoms with E-state index in [1.54, 1.807) is 60.7 Å². The lowest BCUT2D eigenvalue weighted by molar-refractivity contribution is 0.0995. The highest BCUT2D eigenvalue weighted by Crippen LogP contribution is 2.25. The Morgan fingerprint density at radius 1 is 0.871 bits per heavy atom. The first-order valence-electron chi connectivity index (χ1n) is 9.20. The molecule has 0 bridgehead atoms. The number of oxime groups is 1. The van der Waals surface area contributed by atoms with E-state index in [1.165, 1.54) is 6.21 Å². The van der Waals surface area contributed by atoms with Crippen LogP contribution >= 0.6 is 46.4 Å². The van der Waals surface area contributed by atoms with Crippen molar-refractivity contribution in [3.05, 3.63) is 97.4 Å². The number of benzene rings is 3. The van der Waals surface area contributed by atoms with E-state index >= 15 is 0 Å². The van der Waals surface area contributed by atoms with E-state index in [-0.39, 0.29) is 25.4 Å². The van der Waals surface area contributed by atoms with Gasteiger partial charge in [0.1, 0.15) is 19.0 Å². The highest BCUT2D eigenvalue weighted by molar-refractivity contribution is 6.36. The molecule has 0 saturated carbocycles. The molecule has 3 aromatic carbocycles. The number of nitrogens with zero attached hydrogens (tertiary/aromatic N) is 1. The topological polar surface area (TPSA) is 47.9 Å². The molecule has 0 saturated heterocycles. The van der Waals surface area contributed by atoms with Gasteiger partial charge in [-0.1, -0.05) is 75.8 Å². The van der Waals surface area contributed by atoms with E-state index in [0.29, 0.717) is 37.0 Å². The van der Waals surface area contributed by atoms with Gasteiger partial charge in [-0.15, -0.1) is 0 Å². The van der Waals surface area contributed by atoms with E-state index in [0.717, 1.165) is 5.56 Å². The van der Waals surface area contributed by atoms with Crippen molar-refractivity contribution < 1.29 is 14.4 Å². The number of hydrogen-bond donors (Lipinski definition) is 0. The van der Waals surface area contributed by atoms with Gasteiger partial charge in [0.15, 0.2) is 5.78 Å². The molecule has 0 atom stereocenters. The van der Waals surface area contributed by atoms with Crippen LogP contribution in [0.15, 0.2) is 65.8 Å². The summed E-state index contributed by atoms with van der Waals surface area (Å²) in [5.74, 6) is 0.427. The monoisotopic (exact) mass is 495 g/mol. The van der Waals surface area contributed by atoms with Crippen LogP contribution in [0.25, 0.3) is 0 Å². The van der Waals surface area contributed by atoms with Crippen molar-refractivity contribution in [2.45, 2.75) is 19.6 Å². The average molecular weight is 497 g/mol. The summed E-state index contributed by atoms with van der Waals surface area (Å²) in [7, 11) is 0. The Hall–Kier alpha value is -2.24. The van der Waals surface area contributed by atoms with Crippen LogP contribution in [0.3, 0.4) is 0 Å². The van der Waals surface area contributed by atoms with E-state index < -0.39 is 0 Å². The minimum Gasteiger partial charge on any atom is -0.489 e. The molecule has 3 rings (SSSR count). The van der Waals surface area contributed by atoms with Gasteiger partial charge in [-0.05, 0) is 36.4 Å². The Bertz CT molecular complexity index is 1080. The lowest BCUT2D eigenvalue weighted by atomic mass is 10.1. The van der Waals surface area contributed by atoms with E-state index in [4.69, 9.17) is 56.0 Å². The van der Waals surface area contributed by atoms with E-state index in [1.807, 2.05) is 0 Å². The maximum atomic E-state index is 12.4. The molecule has 0 unspecified atom stereocenters. The second kappa shape index (κ2) is 11.4. The minimum atomic E-state index is -0.127. The lowest BCUT2D eigenvalue weighted by Crippen LogP contribution is -2.02. The van der Waals surface area contributed by atoms with Crippen molar-refractivity contribution in [1.82, 2.24) is 0 Å². The van der Waals surface area contributed by atoms with Gasteiger partial charge in [0, 0.05) is 43.2 Å². The van der Waals surface area contributed by atoms with E-state index in [2.05, 4.69) is 5.16 Å². The van der Waals surface area contributed by atoms with Crippen molar-refractivity contribution in [1.29, 1.82) is 0 Å². The van der Waals surface area contributed by atoms with Gasteiger partial charge in [-0.2, -0.15) is 0 Å². The molecule has 4 nitrogen and oxygen atoms in total. The van der Waals surface area contributed by atoms with Crippen molar-refractivity contribution in [3.63, 3.8) is 0 Å². The molecule has 0 aliphatic carbocycles. The molecule has 8 heteroatoms. The predicted octanol–water partition coefficient (Wildman–Crippen LogP) is 7.65. The Morgan fingerprint density at radius 3 is 2.35 bits per heavy atom. The minimum absolute atomic E-state index is 0.0721. The standard InChI is InChI=1S/C23H17Cl4NO3/c24-17-8-7-16(22(27)12-17)13-30-18-4-1-3-15(11-18)23(29)9-10-28-31-14-19-20(25)5-2-6-21(19)26/h1-8,10-12H,9,13-14H2. The van der Waals surface area contributed by atoms with Gasteiger partial charge < -0.3 is 9.57 Å². The summed E-state index contributed by atoms with van der Waals surface area (Å²) >= 11 is 24.2. The molecule has 0 radical (unpaired) electrons. The quantitative estimate of drug-likeness (QED) is 0.173. The Kier molecular flexibility index (Phi) is 8.61. The van der Waals surface area contributed by atoms with Crippen LogP contribution in [-0.4, -0.2) is 12.0 Å². The summed E-state index contributed by atoms with van der Waals surface area (Å²) in [4.78, 5) is 17.6. The van der Waals surface area contributed by atoms with Gasteiger partial charge >= 0.3 is 0 Å². The number of halogens is 4. The first-order chi connectivity index (χ1) is 14.9. The molecule has 3 aromatic rings. The summed E-state index contributed by atoms with van der Waals surface area (Å²) in [5, 5.41) is 5.88. The Balaban J connectivity index is 1.52. The van der Waals surface area contributed by atoms with Crippen LogP contribution in [0.5, 0.6) is 5.75 Å². The zero-order valence-electron chi connectivity index (χ0n) is 16.2. The molecule has 0 spiro atoms. The molecule has 31 heavy (non-hydrogen) atoms. The third-order valence-electron chi connectivity index (χ3n) is 4.26. The Morgan fingerprint density at radius 2 is 1.61 bits per heavy atom. The van der Waals surface area contributed by atoms with Crippen LogP contribution in [0.1, 0.15) is 27.9 Å². The summed E-state index contributed by atoms with van der Waals surface area (Å²) in [6, 6.07) is 17.3. The molecule has 0 N–H and O–H groups in total. The highest BCUT2D eigenvalue weighted by atomic mass is 35.5. The fraction of sp³-hybridized carbons (Fsp3) is 0.130. The first-order valence-corrected chi connectivity index (χ1v) is 10.7. The third kappa shape index (κ3) is 6.88. The largest absolute Gasteiger partial charge is 0.489 e. The molecular weight excluding hydrogens is 480 g/mol. The molecule has 0 aromatic heterocycles. The predicted molar refractivity (Wildman–Crippen MR) is 126 cm³/mol. The maximum absolute atomic E-state index is 12.4. The molecule has 0 amide bonds. The summed E-state index contributed by atoms with van der Waals surface area (Å²) < 4.78 is 5.75. The van der Waals surface area contributed by atoms with Crippen molar-refractivity contribution in [2.75, 3.05) is 0 Å². The van der Waals surface area contributed by atoms with Gasteiger partial charge in [0.05, 0.1) is 6.21 Å². The average Bonchev–Trinajstić information content (AvgIpc) is 2.75. The van der Waals surface area contributed by atoms with Crippen LogP contribution in [0.4, 0.5) is 0 Å². The second-order valence-corrected chi connectivity index (χ2v) is 8.10. The number of ketones is 1. The maximum Gasteiger partial charge on any atom is 0.168 e. The highest BCUT2D eigenvalue weighted by Gasteiger charge is 2.08. The first kappa shape index (κ1) is 23.4. The number of rotatable bonds is 9. The summed E-state index contributed by atoms with van der Waals surface area (Å²) in [6.07, 6.45) is 1.47. The zero-order valence-corrected chi connectivity index (χ0v) is 19.2. The molecule has 0 heterocycles. The second-order valence-electron chi connectivity index (χ2n) is 6.44. The van der Waals surface area contributed by atoms with Gasteiger partial charge in [-0.25, -0.2) is 0 Å². The number of carbonyl (C=O) groups is 1. The van der Waals surface area contributed by atoms with Crippen LogP contribution in [-0.2, 0) is 18.1 Å². The summed E-state index contributed by atoms with van der Waals surface area (Å²) in [5.41, 5.74) is 1.94. The summed E-state index contributed by atoms with van der Waals surface area (Å²) in [6.45, 7) is 0.368.